The van der Waals surface area contributed by atoms with Crippen molar-refractivity contribution in [1.29, 1.82) is 0 Å². The van der Waals surface area contributed by atoms with Gasteiger partial charge in [0.1, 0.15) is 0 Å². The molecule has 1 aromatic carbocycles. The van der Waals surface area contributed by atoms with Crippen molar-refractivity contribution in [2.75, 3.05) is 27.0 Å². The summed E-state index contributed by atoms with van der Waals surface area (Å²) in [5.74, 6) is 2.06. The molecule has 0 N–H and O–H groups in total. The van der Waals surface area contributed by atoms with E-state index in [2.05, 4.69) is 0 Å². The number of ether oxygens (including phenoxy) is 2. The molecule has 22 heavy (non-hydrogen) atoms. The molecule has 1 saturated carbocycles. The second-order valence-corrected chi connectivity index (χ2v) is 6.65. The minimum atomic E-state index is 0.201. The third-order valence-electron chi connectivity index (χ3n) is 4.23. The molecule has 0 atom stereocenters. The maximum Gasteiger partial charge on any atom is 0.232 e. The first kappa shape index (κ1) is 17.0. The second-order valence-electron chi connectivity index (χ2n) is 5.60. The minimum Gasteiger partial charge on any atom is -0.493 e. The van der Waals surface area contributed by atoms with Crippen LogP contribution in [0.25, 0.3) is 0 Å². The number of carbonyl (C=O) groups is 1. The molecule has 1 fully saturated rings. The molecule has 4 nitrogen and oxygen atoms in total. The van der Waals surface area contributed by atoms with Crippen LogP contribution in [0.4, 0.5) is 0 Å². The maximum atomic E-state index is 12.3. The molecule has 0 bridgehead atoms. The summed E-state index contributed by atoms with van der Waals surface area (Å²) in [6.45, 7) is 0. The molecule has 1 aliphatic rings. The van der Waals surface area contributed by atoms with E-state index in [1.807, 2.05) is 30.1 Å². The van der Waals surface area contributed by atoms with Gasteiger partial charge in [-0.25, -0.2) is 0 Å². The fourth-order valence-electron chi connectivity index (χ4n) is 2.83. The highest BCUT2D eigenvalue weighted by Crippen LogP contribution is 2.32. The zero-order chi connectivity index (χ0) is 15.9. The summed E-state index contributed by atoms with van der Waals surface area (Å²) in [5.41, 5.74) is 0. The molecule has 0 saturated heterocycles. The fraction of sp³-hybridized carbons (Fsp3) is 0.588. The molecule has 1 aromatic rings. The van der Waals surface area contributed by atoms with E-state index in [-0.39, 0.29) is 5.91 Å². The number of hydrogen-bond donors (Lipinski definition) is 0. The summed E-state index contributed by atoms with van der Waals surface area (Å²) in [6, 6.07) is 6.17. The van der Waals surface area contributed by atoms with Crippen LogP contribution in [-0.2, 0) is 4.79 Å². The summed E-state index contributed by atoms with van der Waals surface area (Å²) in [7, 11) is 5.18. The standard InChI is InChI=1S/C17H25NO3S/c1-18(13-7-5-4-6-8-13)17(19)12-22-14-9-10-15(20-2)16(11-14)21-3/h9-11,13H,4-8,12H2,1-3H3. The van der Waals surface area contributed by atoms with Gasteiger partial charge in [-0.1, -0.05) is 19.3 Å². The molecule has 2 rings (SSSR count). The summed E-state index contributed by atoms with van der Waals surface area (Å²) >= 11 is 1.54. The highest BCUT2D eigenvalue weighted by Gasteiger charge is 2.21. The topological polar surface area (TPSA) is 38.8 Å². The van der Waals surface area contributed by atoms with Crippen molar-refractivity contribution >= 4 is 17.7 Å². The Labute approximate surface area is 137 Å². The molecule has 1 aliphatic carbocycles. The highest BCUT2D eigenvalue weighted by molar-refractivity contribution is 8.00. The van der Waals surface area contributed by atoms with E-state index in [1.165, 1.54) is 19.3 Å². The molecule has 0 unspecified atom stereocenters. The average molecular weight is 323 g/mol. The number of nitrogens with zero attached hydrogens (tertiary/aromatic N) is 1. The largest absolute Gasteiger partial charge is 0.493 e. The highest BCUT2D eigenvalue weighted by atomic mass is 32.2. The van der Waals surface area contributed by atoms with Gasteiger partial charge in [-0.05, 0) is 31.0 Å². The van der Waals surface area contributed by atoms with Crippen LogP contribution in [0, 0.1) is 0 Å². The van der Waals surface area contributed by atoms with Gasteiger partial charge >= 0.3 is 0 Å². The third-order valence-corrected chi connectivity index (χ3v) is 5.21. The van der Waals surface area contributed by atoms with Gasteiger partial charge in [0.25, 0.3) is 0 Å². The third kappa shape index (κ3) is 4.32. The number of benzene rings is 1. The molecule has 0 spiro atoms. The van der Waals surface area contributed by atoms with Crippen LogP contribution in [0.1, 0.15) is 32.1 Å². The van der Waals surface area contributed by atoms with Crippen LogP contribution in [0.3, 0.4) is 0 Å². The van der Waals surface area contributed by atoms with Gasteiger partial charge in [0.05, 0.1) is 20.0 Å². The summed E-state index contributed by atoms with van der Waals surface area (Å²) in [5, 5.41) is 0. The Hall–Kier alpha value is -1.36. The first-order valence-corrected chi connectivity index (χ1v) is 8.74. The van der Waals surface area contributed by atoms with E-state index >= 15 is 0 Å². The molecule has 0 radical (unpaired) electrons. The molecular weight excluding hydrogens is 298 g/mol. The fourth-order valence-corrected chi connectivity index (χ4v) is 3.67. The van der Waals surface area contributed by atoms with Gasteiger partial charge in [0.15, 0.2) is 11.5 Å². The summed E-state index contributed by atoms with van der Waals surface area (Å²) in [6.07, 6.45) is 6.07. The maximum absolute atomic E-state index is 12.3. The molecule has 1 amide bonds. The molecule has 5 heteroatoms. The van der Waals surface area contributed by atoms with Crippen molar-refractivity contribution in [1.82, 2.24) is 4.90 Å². The van der Waals surface area contributed by atoms with Crippen LogP contribution in [0.15, 0.2) is 23.1 Å². The van der Waals surface area contributed by atoms with Crippen LogP contribution < -0.4 is 9.47 Å². The van der Waals surface area contributed by atoms with Crippen molar-refractivity contribution < 1.29 is 14.3 Å². The van der Waals surface area contributed by atoms with E-state index in [9.17, 15) is 4.79 Å². The average Bonchev–Trinajstić information content (AvgIpc) is 2.59. The second kappa shape index (κ2) is 8.32. The van der Waals surface area contributed by atoms with Crippen molar-refractivity contribution in [3.8, 4) is 11.5 Å². The lowest BCUT2D eigenvalue weighted by Crippen LogP contribution is -2.39. The van der Waals surface area contributed by atoms with Crippen molar-refractivity contribution in [2.45, 2.75) is 43.0 Å². The smallest absolute Gasteiger partial charge is 0.232 e. The Bertz CT molecular complexity index is 501. The zero-order valence-electron chi connectivity index (χ0n) is 13.6. The van der Waals surface area contributed by atoms with Gasteiger partial charge in [0.2, 0.25) is 5.91 Å². The van der Waals surface area contributed by atoms with E-state index in [1.54, 1.807) is 26.0 Å². The van der Waals surface area contributed by atoms with Gasteiger partial charge < -0.3 is 14.4 Å². The SMILES string of the molecule is COc1ccc(SCC(=O)N(C)C2CCCCC2)cc1OC. The first-order valence-electron chi connectivity index (χ1n) is 7.76. The van der Waals surface area contributed by atoms with Crippen molar-refractivity contribution in [3.05, 3.63) is 18.2 Å². The monoisotopic (exact) mass is 323 g/mol. The van der Waals surface area contributed by atoms with E-state index in [4.69, 9.17) is 9.47 Å². The minimum absolute atomic E-state index is 0.201. The molecule has 0 aliphatic heterocycles. The van der Waals surface area contributed by atoms with Gasteiger partial charge in [-0.15, -0.1) is 11.8 Å². The van der Waals surface area contributed by atoms with Crippen LogP contribution >= 0.6 is 11.8 Å². The van der Waals surface area contributed by atoms with Gasteiger partial charge in [-0.3, -0.25) is 4.79 Å². The lowest BCUT2D eigenvalue weighted by molar-refractivity contribution is -0.129. The molecular formula is C17H25NO3S. The Morgan fingerprint density at radius 1 is 1.18 bits per heavy atom. The normalized spacial score (nSPS) is 15.4. The number of amides is 1. The summed E-state index contributed by atoms with van der Waals surface area (Å²) < 4.78 is 10.5. The van der Waals surface area contributed by atoms with E-state index < -0.39 is 0 Å². The Morgan fingerprint density at radius 2 is 1.86 bits per heavy atom. The van der Waals surface area contributed by atoms with Gasteiger partial charge in [-0.2, -0.15) is 0 Å². The molecule has 0 heterocycles. The zero-order valence-corrected chi connectivity index (χ0v) is 14.4. The number of carbonyl (C=O) groups excluding carboxylic acids is 1. The molecule has 122 valence electrons. The van der Waals surface area contributed by atoms with Crippen molar-refractivity contribution in [2.24, 2.45) is 0 Å². The number of hydrogen-bond acceptors (Lipinski definition) is 4. The molecule has 0 aromatic heterocycles. The van der Waals surface area contributed by atoms with Crippen molar-refractivity contribution in [3.63, 3.8) is 0 Å². The van der Waals surface area contributed by atoms with Crippen LogP contribution in [-0.4, -0.2) is 43.9 Å². The Balaban J connectivity index is 1.90. The lowest BCUT2D eigenvalue weighted by Gasteiger charge is -2.31. The Morgan fingerprint density at radius 3 is 2.50 bits per heavy atom. The van der Waals surface area contributed by atoms with E-state index in [0.717, 1.165) is 17.7 Å². The number of rotatable bonds is 6. The van der Waals surface area contributed by atoms with Crippen LogP contribution in [0.2, 0.25) is 0 Å². The Kier molecular flexibility index (Phi) is 6.43. The predicted octanol–water partition coefficient (Wildman–Crippen LogP) is 3.59. The quantitative estimate of drug-likeness (QED) is 0.750. The number of methoxy groups -OCH3 is 2. The van der Waals surface area contributed by atoms with E-state index in [0.29, 0.717) is 23.3 Å². The van der Waals surface area contributed by atoms with Crippen LogP contribution in [0.5, 0.6) is 11.5 Å². The first-order chi connectivity index (χ1) is 10.7. The summed E-state index contributed by atoms with van der Waals surface area (Å²) in [4.78, 5) is 15.3. The predicted molar refractivity (Wildman–Crippen MR) is 89.9 cm³/mol. The van der Waals surface area contributed by atoms with Gasteiger partial charge in [0, 0.05) is 18.0 Å². The lowest BCUT2D eigenvalue weighted by atomic mass is 9.94. The number of thioether (sulfide) groups is 1.